The molecule has 1 N–H and O–H groups in total. The van der Waals surface area contributed by atoms with Crippen molar-refractivity contribution in [1.82, 2.24) is 9.55 Å². The lowest BCUT2D eigenvalue weighted by Crippen LogP contribution is -2.08. The van der Waals surface area contributed by atoms with Gasteiger partial charge in [-0.2, -0.15) is 0 Å². The van der Waals surface area contributed by atoms with Gasteiger partial charge in [-0.25, -0.2) is 4.98 Å². The quantitative estimate of drug-likeness (QED) is 0.827. The lowest BCUT2D eigenvalue weighted by molar-refractivity contribution is 0.524. The molecule has 1 saturated carbocycles. The van der Waals surface area contributed by atoms with Crippen LogP contribution in [0.25, 0.3) is 0 Å². The van der Waals surface area contributed by atoms with Crippen LogP contribution >= 0.6 is 23.2 Å². The lowest BCUT2D eigenvalue weighted by atomic mass is 10.2. The molecule has 106 valence electrons. The molecule has 0 radical (unpaired) electrons. The van der Waals surface area contributed by atoms with Crippen molar-refractivity contribution in [1.29, 1.82) is 0 Å². The minimum atomic E-state index is 0.535. The van der Waals surface area contributed by atoms with Crippen molar-refractivity contribution in [2.24, 2.45) is 0 Å². The molecule has 0 saturated heterocycles. The zero-order valence-electron chi connectivity index (χ0n) is 11.4. The molecule has 1 aromatic heterocycles. The summed E-state index contributed by atoms with van der Waals surface area (Å²) < 4.78 is 2.24. The van der Waals surface area contributed by atoms with Crippen molar-refractivity contribution in [2.45, 2.75) is 38.6 Å². The Morgan fingerprint density at radius 3 is 2.75 bits per heavy atom. The average Bonchev–Trinajstić information content (AvgIpc) is 3.04. The maximum Gasteiger partial charge on any atom is 0.207 e. The first-order valence-corrected chi connectivity index (χ1v) is 7.67. The van der Waals surface area contributed by atoms with Gasteiger partial charge in [-0.1, -0.05) is 42.1 Å². The first kappa shape index (κ1) is 13.8. The monoisotopic (exact) mass is 309 g/mol. The molecule has 1 aliphatic carbocycles. The van der Waals surface area contributed by atoms with E-state index in [4.69, 9.17) is 23.2 Å². The number of benzene rings is 1. The van der Waals surface area contributed by atoms with Gasteiger partial charge in [0, 0.05) is 12.2 Å². The van der Waals surface area contributed by atoms with Crippen LogP contribution < -0.4 is 5.32 Å². The maximum atomic E-state index is 6.23. The molecule has 5 heteroatoms. The van der Waals surface area contributed by atoms with Crippen LogP contribution in [0.4, 0.5) is 11.6 Å². The van der Waals surface area contributed by atoms with E-state index in [0.29, 0.717) is 16.1 Å². The van der Waals surface area contributed by atoms with E-state index in [2.05, 4.69) is 21.1 Å². The Morgan fingerprint density at radius 2 is 2.00 bits per heavy atom. The molecular formula is C15H17Cl2N3. The van der Waals surface area contributed by atoms with Gasteiger partial charge >= 0.3 is 0 Å². The van der Waals surface area contributed by atoms with Gasteiger partial charge < -0.3 is 9.88 Å². The van der Waals surface area contributed by atoms with Gasteiger partial charge in [-0.3, -0.25) is 0 Å². The standard InChI is InChI=1S/C15H17Cl2N3/c1-10-9-20(11-5-2-3-6-11)15(18-10)19-13-8-4-7-12(16)14(13)17/h4,7-9,11H,2-3,5-6H2,1H3,(H,18,19). The summed E-state index contributed by atoms with van der Waals surface area (Å²) in [6.07, 6.45) is 7.12. The molecular weight excluding hydrogens is 293 g/mol. The summed E-state index contributed by atoms with van der Waals surface area (Å²) in [7, 11) is 0. The minimum absolute atomic E-state index is 0.535. The number of hydrogen-bond donors (Lipinski definition) is 1. The van der Waals surface area contributed by atoms with E-state index in [0.717, 1.165) is 17.3 Å². The molecule has 0 atom stereocenters. The van der Waals surface area contributed by atoms with Crippen molar-refractivity contribution in [3.05, 3.63) is 40.1 Å². The molecule has 1 fully saturated rings. The first-order valence-electron chi connectivity index (χ1n) is 6.91. The highest BCUT2D eigenvalue weighted by Gasteiger charge is 2.20. The highest BCUT2D eigenvalue weighted by Crippen LogP contribution is 2.35. The van der Waals surface area contributed by atoms with Crippen LogP contribution in [0.5, 0.6) is 0 Å². The third-order valence-electron chi connectivity index (χ3n) is 3.77. The van der Waals surface area contributed by atoms with Gasteiger partial charge in [0.25, 0.3) is 0 Å². The second-order valence-electron chi connectivity index (χ2n) is 5.28. The highest BCUT2D eigenvalue weighted by atomic mass is 35.5. The van der Waals surface area contributed by atoms with Gasteiger partial charge in [-0.05, 0) is 31.9 Å². The van der Waals surface area contributed by atoms with Crippen molar-refractivity contribution in [2.75, 3.05) is 5.32 Å². The number of aromatic nitrogens is 2. The van der Waals surface area contributed by atoms with E-state index in [1.807, 2.05) is 19.1 Å². The van der Waals surface area contributed by atoms with E-state index in [9.17, 15) is 0 Å². The number of nitrogens with zero attached hydrogens (tertiary/aromatic N) is 2. The number of nitrogens with one attached hydrogen (secondary N) is 1. The van der Waals surface area contributed by atoms with E-state index in [1.165, 1.54) is 25.7 Å². The number of anilines is 2. The summed E-state index contributed by atoms with van der Waals surface area (Å²) >= 11 is 12.3. The van der Waals surface area contributed by atoms with E-state index >= 15 is 0 Å². The fraction of sp³-hybridized carbons (Fsp3) is 0.400. The SMILES string of the molecule is Cc1cn(C2CCCC2)c(Nc2cccc(Cl)c2Cl)n1. The Kier molecular flexibility index (Phi) is 3.90. The maximum absolute atomic E-state index is 6.23. The predicted octanol–water partition coefficient (Wildman–Crippen LogP) is 5.36. The summed E-state index contributed by atoms with van der Waals surface area (Å²) in [6.45, 7) is 2.01. The number of rotatable bonds is 3. The van der Waals surface area contributed by atoms with E-state index in [1.54, 1.807) is 6.07 Å². The molecule has 3 rings (SSSR count). The molecule has 1 heterocycles. The Hall–Kier alpha value is -1.19. The molecule has 1 aliphatic rings. The van der Waals surface area contributed by atoms with Crippen LogP contribution in [0.15, 0.2) is 24.4 Å². The van der Waals surface area contributed by atoms with Gasteiger partial charge in [0.2, 0.25) is 5.95 Å². The summed E-state index contributed by atoms with van der Waals surface area (Å²) in [5.41, 5.74) is 1.81. The molecule has 0 unspecified atom stereocenters. The Bertz CT molecular complexity index is 616. The van der Waals surface area contributed by atoms with Gasteiger partial charge in [0.05, 0.1) is 21.4 Å². The zero-order chi connectivity index (χ0) is 14.1. The predicted molar refractivity (Wildman–Crippen MR) is 84.2 cm³/mol. The van der Waals surface area contributed by atoms with Crippen molar-refractivity contribution < 1.29 is 0 Å². The topological polar surface area (TPSA) is 29.9 Å². The van der Waals surface area contributed by atoms with E-state index < -0.39 is 0 Å². The van der Waals surface area contributed by atoms with Gasteiger partial charge in [0.1, 0.15) is 0 Å². The summed E-state index contributed by atoms with van der Waals surface area (Å²) in [5.74, 6) is 0.846. The van der Waals surface area contributed by atoms with Crippen LogP contribution in [0.3, 0.4) is 0 Å². The molecule has 2 aromatic rings. The fourth-order valence-electron chi connectivity index (χ4n) is 2.79. The number of imidazole rings is 1. The molecule has 20 heavy (non-hydrogen) atoms. The Labute approximate surface area is 128 Å². The summed E-state index contributed by atoms with van der Waals surface area (Å²) in [6, 6.07) is 6.12. The smallest absolute Gasteiger partial charge is 0.207 e. The molecule has 0 bridgehead atoms. The van der Waals surface area contributed by atoms with Crippen molar-refractivity contribution >= 4 is 34.8 Å². The third-order valence-corrected chi connectivity index (χ3v) is 4.59. The second-order valence-corrected chi connectivity index (χ2v) is 6.06. The Balaban J connectivity index is 1.92. The molecule has 3 nitrogen and oxygen atoms in total. The first-order chi connectivity index (χ1) is 9.65. The number of hydrogen-bond acceptors (Lipinski definition) is 2. The normalized spacial score (nSPS) is 15.8. The van der Waals surface area contributed by atoms with Crippen LogP contribution in [0, 0.1) is 6.92 Å². The van der Waals surface area contributed by atoms with E-state index in [-0.39, 0.29) is 0 Å². The third kappa shape index (κ3) is 2.65. The van der Waals surface area contributed by atoms with Crippen LogP contribution in [-0.2, 0) is 0 Å². The molecule has 1 aromatic carbocycles. The van der Waals surface area contributed by atoms with Crippen molar-refractivity contribution in [3.8, 4) is 0 Å². The van der Waals surface area contributed by atoms with Gasteiger partial charge in [-0.15, -0.1) is 0 Å². The zero-order valence-corrected chi connectivity index (χ0v) is 12.9. The fourth-order valence-corrected chi connectivity index (χ4v) is 3.14. The molecule has 0 spiro atoms. The van der Waals surface area contributed by atoms with Crippen LogP contribution in [0.1, 0.15) is 37.4 Å². The lowest BCUT2D eigenvalue weighted by Gasteiger charge is -2.16. The summed E-state index contributed by atoms with van der Waals surface area (Å²) in [4.78, 5) is 4.57. The van der Waals surface area contributed by atoms with Crippen LogP contribution in [-0.4, -0.2) is 9.55 Å². The largest absolute Gasteiger partial charge is 0.324 e. The highest BCUT2D eigenvalue weighted by molar-refractivity contribution is 6.43. The number of aryl methyl sites for hydroxylation is 1. The Morgan fingerprint density at radius 1 is 1.25 bits per heavy atom. The minimum Gasteiger partial charge on any atom is -0.324 e. The van der Waals surface area contributed by atoms with Crippen molar-refractivity contribution in [3.63, 3.8) is 0 Å². The average molecular weight is 310 g/mol. The summed E-state index contributed by atoms with van der Waals surface area (Å²) in [5, 5.41) is 4.40. The second kappa shape index (κ2) is 5.66. The molecule has 0 amide bonds. The number of halogens is 2. The van der Waals surface area contributed by atoms with Crippen LogP contribution in [0.2, 0.25) is 10.0 Å². The van der Waals surface area contributed by atoms with Gasteiger partial charge in [0.15, 0.2) is 0 Å². The molecule has 0 aliphatic heterocycles.